The molecule has 0 saturated carbocycles. The summed E-state index contributed by atoms with van der Waals surface area (Å²) in [5.41, 5.74) is -0.177. The first-order valence-corrected chi connectivity index (χ1v) is 8.18. The molecule has 0 aliphatic carbocycles. The predicted octanol–water partition coefficient (Wildman–Crippen LogP) is 3.77. The summed E-state index contributed by atoms with van der Waals surface area (Å²) in [6.45, 7) is 6.90. The van der Waals surface area contributed by atoms with Crippen LogP contribution in [0.1, 0.15) is 54.3 Å². The van der Waals surface area contributed by atoms with Crippen molar-refractivity contribution >= 4 is 23.7 Å². The molecule has 0 radical (unpaired) electrons. The van der Waals surface area contributed by atoms with Crippen LogP contribution in [0, 0.1) is 0 Å². The van der Waals surface area contributed by atoms with Crippen LogP contribution in [0.2, 0.25) is 0 Å². The molecule has 0 fully saturated rings. The van der Waals surface area contributed by atoms with E-state index in [2.05, 4.69) is 20.8 Å². The smallest absolute Gasteiger partial charge is 0.335 e. The topological polar surface area (TPSA) is 83.8 Å². The fourth-order valence-corrected chi connectivity index (χ4v) is 2.90. The summed E-state index contributed by atoms with van der Waals surface area (Å²) in [5, 5.41) is 18.0. The zero-order valence-electron chi connectivity index (χ0n) is 13.1. The van der Waals surface area contributed by atoms with Gasteiger partial charge in [-0.3, -0.25) is 0 Å². The van der Waals surface area contributed by atoms with Gasteiger partial charge in [0, 0.05) is 10.5 Å². The standard InChI is InChI=1S/C16H22O5S/c1-4-16(3,5-2)22-7-6-21-13-9-11(14(17)18)8-12(10-13)15(19)20/h8-10H,4-7H2,1-3H3,(H,17,18)(H,19,20). The SMILES string of the molecule is CCC(C)(CC)SCCOc1cc(C(=O)O)cc(C(=O)O)c1. The number of aromatic carboxylic acids is 2. The van der Waals surface area contributed by atoms with Crippen molar-refractivity contribution in [1.82, 2.24) is 0 Å². The molecule has 22 heavy (non-hydrogen) atoms. The number of carbonyl (C=O) groups is 2. The summed E-state index contributed by atoms with van der Waals surface area (Å²) in [7, 11) is 0. The van der Waals surface area contributed by atoms with E-state index in [1.165, 1.54) is 12.1 Å². The fraction of sp³-hybridized carbons (Fsp3) is 0.500. The highest BCUT2D eigenvalue weighted by molar-refractivity contribution is 8.00. The van der Waals surface area contributed by atoms with Gasteiger partial charge in [0.1, 0.15) is 5.75 Å². The van der Waals surface area contributed by atoms with Crippen LogP contribution in [0.25, 0.3) is 0 Å². The molecule has 0 amide bonds. The molecule has 0 aromatic heterocycles. The van der Waals surface area contributed by atoms with Crippen LogP contribution in [0.15, 0.2) is 18.2 Å². The van der Waals surface area contributed by atoms with Crippen LogP contribution in [-0.4, -0.2) is 39.3 Å². The molecule has 0 saturated heterocycles. The third-order valence-corrected chi connectivity index (χ3v) is 5.34. The molecule has 5 nitrogen and oxygen atoms in total. The van der Waals surface area contributed by atoms with Gasteiger partial charge in [0.05, 0.1) is 17.7 Å². The second-order valence-corrected chi connectivity index (χ2v) is 6.89. The Morgan fingerprint density at radius 1 is 1.09 bits per heavy atom. The van der Waals surface area contributed by atoms with Gasteiger partial charge in [-0.15, -0.1) is 0 Å². The number of benzene rings is 1. The van der Waals surface area contributed by atoms with Crippen LogP contribution in [0.3, 0.4) is 0 Å². The Morgan fingerprint density at radius 3 is 2.00 bits per heavy atom. The van der Waals surface area contributed by atoms with Gasteiger partial charge in [-0.25, -0.2) is 9.59 Å². The van der Waals surface area contributed by atoms with Gasteiger partial charge in [-0.1, -0.05) is 20.8 Å². The summed E-state index contributed by atoms with van der Waals surface area (Å²) in [6.07, 6.45) is 2.12. The number of hydrogen-bond donors (Lipinski definition) is 2. The van der Waals surface area contributed by atoms with Gasteiger partial charge in [0.25, 0.3) is 0 Å². The number of rotatable bonds is 9. The minimum atomic E-state index is -1.17. The van der Waals surface area contributed by atoms with Gasteiger partial charge in [0.15, 0.2) is 0 Å². The number of thioether (sulfide) groups is 1. The highest BCUT2D eigenvalue weighted by Gasteiger charge is 2.19. The third-order valence-electron chi connectivity index (χ3n) is 3.70. The summed E-state index contributed by atoms with van der Waals surface area (Å²) in [4.78, 5) is 22.0. The van der Waals surface area contributed by atoms with Crippen molar-refractivity contribution in [3.8, 4) is 5.75 Å². The molecule has 0 atom stereocenters. The van der Waals surface area contributed by atoms with Crippen LogP contribution < -0.4 is 4.74 Å². The lowest BCUT2D eigenvalue weighted by molar-refractivity contribution is 0.0696. The van der Waals surface area contributed by atoms with E-state index in [-0.39, 0.29) is 21.6 Å². The fourth-order valence-electron chi connectivity index (χ4n) is 1.83. The summed E-state index contributed by atoms with van der Waals surface area (Å²) >= 11 is 1.81. The van der Waals surface area contributed by atoms with E-state index in [1.807, 2.05) is 0 Å². The first-order valence-electron chi connectivity index (χ1n) is 7.19. The summed E-state index contributed by atoms with van der Waals surface area (Å²) < 4.78 is 5.73. The van der Waals surface area contributed by atoms with Crippen molar-refractivity contribution in [2.45, 2.75) is 38.4 Å². The van der Waals surface area contributed by atoms with Crippen molar-refractivity contribution < 1.29 is 24.5 Å². The third kappa shape index (κ3) is 5.26. The lowest BCUT2D eigenvalue weighted by Crippen LogP contribution is -2.19. The van der Waals surface area contributed by atoms with E-state index in [9.17, 15) is 9.59 Å². The molecule has 0 aliphatic rings. The number of carboxylic acid groups (broad SMARTS) is 2. The molecule has 0 heterocycles. The highest BCUT2D eigenvalue weighted by Crippen LogP contribution is 2.31. The van der Waals surface area contributed by atoms with Gasteiger partial charge in [-0.05, 0) is 31.0 Å². The predicted molar refractivity (Wildman–Crippen MR) is 87.3 cm³/mol. The minimum Gasteiger partial charge on any atom is -0.493 e. The van der Waals surface area contributed by atoms with E-state index < -0.39 is 11.9 Å². The van der Waals surface area contributed by atoms with E-state index in [4.69, 9.17) is 14.9 Å². The van der Waals surface area contributed by atoms with Crippen LogP contribution >= 0.6 is 11.8 Å². The number of ether oxygens (including phenoxy) is 1. The van der Waals surface area contributed by atoms with Gasteiger partial charge >= 0.3 is 11.9 Å². The van der Waals surface area contributed by atoms with Crippen molar-refractivity contribution in [3.63, 3.8) is 0 Å². The van der Waals surface area contributed by atoms with E-state index >= 15 is 0 Å². The van der Waals surface area contributed by atoms with Crippen molar-refractivity contribution in [2.24, 2.45) is 0 Å². The average Bonchev–Trinajstić information content (AvgIpc) is 2.51. The number of hydrogen-bond acceptors (Lipinski definition) is 4. The maximum Gasteiger partial charge on any atom is 0.335 e. The Labute approximate surface area is 134 Å². The lowest BCUT2D eigenvalue weighted by atomic mass is 10.1. The van der Waals surface area contributed by atoms with E-state index in [0.717, 1.165) is 24.7 Å². The normalized spacial score (nSPS) is 11.2. The molecular formula is C16H22O5S. The summed E-state index contributed by atoms with van der Waals surface area (Å²) in [5.74, 6) is -1.32. The Kier molecular flexibility index (Phi) is 6.74. The maximum absolute atomic E-state index is 11.0. The first kappa shape index (κ1) is 18.4. The second kappa shape index (κ2) is 8.08. The highest BCUT2D eigenvalue weighted by atomic mass is 32.2. The van der Waals surface area contributed by atoms with Crippen LogP contribution in [-0.2, 0) is 0 Å². The summed E-state index contributed by atoms with van der Waals surface area (Å²) in [6, 6.07) is 3.81. The van der Waals surface area contributed by atoms with Gasteiger partial charge in [-0.2, -0.15) is 11.8 Å². The number of carboxylic acids is 2. The molecule has 0 unspecified atom stereocenters. The zero-order chi connectivity index (χ0) is 16.8. The Hall–Kier alpha value is -1.69. The first-order chi connectivity index (χ1) is 10.3. The molecule has 0 spiro atoms. The van der Waals surface area contributed by atoms with Crippen molar-refractivity contribution in [3.05, 3.63) is 29.3 Å². The minimum absolute atomic E-state index is 0.0884. The van der Waals surface area contributed by atoms with Gasteiger partial charge in [0.2, 0.25) is 0 Å². The molecule has 6 heteroatoms. The van der Waals surface area contributed by atoms with Crippen LogP contribution in [0.4, 0.5) is 0 Å². The molecule has 122 valence electrons. The molecule has 0 aliphatic heterocycles. The quantitative estimate of drug-likeness (QED) is 0.672. The Bertz CT molecular complexity index is 505. The van der Waals surface area contributed by atoms with Gasteiger partial charge < -0.3 is 14.9 Å². The zero-order valence-corrected chi connectivity index (χ0v) is 13.9. The molecule has 1 aromatic carbocycles. The Morgan fingerprint density at radius 2 is 1.59 bits per heavy atom. The van der Waals surface area contributed by atoms with E-state index in [0.29, 0.717) is 6.61 Å². The van der Waals surface area contributed by atoms with Crippen LogP contribution in [0.5, 0.6) is 5.75 Å². The monoisotopic (exact) mass is 326 g/mol. The maximum atomic E-state index is 11.0. The second-order valence-electron chi connectivity index (χ2n) is 5.21. The van der Waals surface area contributed by atoms with Crippen molar-refractivity contribution in [2.75, 3.05) is 12.4 Å². The average molecular weight is 326 g/mol. The molecular weight excluding hydrogens is 304 g/mol. The molecule has 1 aromatic rings. The van der Waals surface area contributed by atoms with Crippen molar-refractivity contribution in [1.29, 1.82) is 0 Å². The molecule has 1 rings (SSSR count). The Balaban J connectivity index is 2.69. The molecule has 0 bridgehead atoms. The lowest BCUT2D eigenvalue weighted by Gasteiger charge is -2.25. The largest absolute Gasteiger partial charge is 0.493 e. The van der Waals surface area contributed by atoms with E-state index in [1.54, 1.807) is 11.8 Å². The molecule has 2 N–H and O–H groups in total.